The van der Waals surface area contributed by atoms with E-state index in [0.717, 1.165) is 5.69 Å². The fourth-order valence-electron chi connectivity index (χ4n) is 2.80. The third kappa shape index (κ3) is 5.21. The number of hydrogen-bond acceptors (Lipinski definition) is 8. The van der Waals surface area contributed by atoms with Gasteiger partial charge in [-0.05, 0) is 54.6 Å². The van der Waals surface area contributed by atoms with Gasteiger partial charge in [-0.2, -0.15) is 10.2 Å². The average molecular weight is 446 g/mol. The van der Waals surface area contributed by atoms with Crippen molar-refractivity contribution in [3.05, 3.63) is 100 Å². The maximum atomic E-state index is 11.8. The fraction of sp³-hybridized carbons (Fsp3) is 0. The van der Waals surface area contributed by atoms with Gasteiger partial charge in [-0.15, -0.1) is 0 Å². The highest BCUT2D eigenvalue weighted by Gasteiger charge is 2.23. The van der Waals surface area contributed by atoms with Gasteiger partial charge in [0.1, 0.15) is 6.33 Å². The molecule has 32 heavy (non-hydrogen) atoms. The molecular weight excluding hydrogens is 430 g/mol. The number of halogens is 1. The predicted molar refractivity (Wildman–Crippen MR) is 124 cm³/mol. The van der Waals surface area contributed by atoms with Gasteiger partial charge in [0, 0.05) is 16.4 Å². The summed E-state index contributed by atoms with van der Waals surface area (Å²) in [6.07, 6.45) is 1.24. The van der Waals surface area contributed by atoms with Crippen LogP contribution < -0.4 is 10.6 Å². The average Bonchev–Trinajstić information content (AvgIpc) is 2.79. The van der Waals surface area contributed by atoms with Gasteiger partial charge in [-0.25, -0.2) is 9.97 Å². The molecule has 0 saturated carbocycles. The molecule has 10 heteroatoms. The molecule has 9 nitrogen and oxygen atoms in total. The third-order valence-corrected chi connectivity index (χ3v) is 4.49. The zero-order valence-corrected chi connectivity index (χ0v) is 17.3. The van der Waals surface area contributed by atoms with E-state index >= 15 is 0 Å². The Hall–Kier alpha value is -4.37. The van der Waals surface area contributed by atoms with Crippen molar-refractivity contribution in [3.63, 3.8) is 0 Å². The van der Waals surface area contributed by atoms with E-state index in [-0.39, 0.29) is 17.3 Å². The molecule has 1 heterocycles. The molecule has 0 aliphatic carbocycles. The Balaban J connectivity index is 1.55. The highest BCUT2D eigenvalue weighted by atomic mass is 35.5. The standard InChI is InChI=1S/C22H16ClN7O2/c23-15-5-4-8-19(13-15)27-22-20(30(31)32)21(24-14-25-22)26-16-9-11-18(12-10-16)29-28-17-6-2-1-3-7-17/h1-14H,(H2,24,25,26,27). The summed E-state index contributed by atoms with van der Waals surface area (Å²) in [6.45, 7) is 0. The lowest BCUT2D eigenvalue weighted by molar-refractivity contribution is -0.383. The van der Waals surface area contributed by atoms with E-state index in [9.17, 15) is 10.1 Å². The molecule has 2 N–H and O–H groups in total. The Kier molecular flexibility index (Phi) is 6.28. The molecule has 0 aliphatic heterocycles. The molecule has 4 rings (SSSR count). The van der Waals surface area contributed by atoms with Crippen LogP contribution in [0.1, 0.15) is 0 Å². The molecule has 3 aromatic carbocycles. The molecule has 0 radical (unpaired) electrons. The summed E-state index contributed by atoms with van der Waals surface area (Å²) in [5.41, 5.74) is 2.25. The van der Waals surface area contributed by atoms with E-state index in [2.05, 4.69) is 30.8 Å². The lowest BCUT2D eigenvalue weighted by Gasteiger charge is -2.10. The van der Waals surface area contributed by atoms with Crippen LogP contribution in [-0.2, 0) is 0 Å². The fourth-order valence-corrected chi connectivity index (χ4v) is 2.99. The second-order valence-corrected chi connectivity index (χ2v) is 6.96. The van der Waals surface area contributed by atoms with Crippen molar-refractivity contribution in [3.8, 4) is 0 Å². The summed E-state index contributed by atoms with van der Waals surface area (Å²) in [6, 6.07) is 23.1. The number of anilines is 4. The minimum Gasteiger partial charge on any atom is -0.334 e. The summed E-state index contributed by atoms with van der Waals surface area (Å²) in [4.78, 5) is 19.3. The summed E-state index contributed by atoms with van der Waals surface area (Å²) < 4.78 is 0. The van der Waals surface area contributed by atoms with Crippen molar-refractivity contribution in [2.45, 2.75) is 0 Å². The molecule has 0 saturated heterocycles. The Bertz CT molecular complexity index is 1270. The van der Waals surface area contributed by atoms with Crippen molar-refractivity contribution in [1.82, 2.24) is 9.97 Å². The van der Waals surface area contributed by atoms with Gasteiger partial charge in [-0.1, -0.05) is 35.9 Å². The number of rotatable bonds is 7. The lowest BCUT2D eigenvalue weighted by atomic mass is 10.2. The summed E-state index contributed by atoms with van der Waals surface area (Å²) >= 11 is 5.99. The Labute approximate surface area is 188 Å². The van der Waals surface area contributed by atoms with Gasteiger partial charge in [0.15, 0.2) is 0 Å². The van der Waals surface area contributed by atoms with Crippen LogP contribution in [0.15, 0.2) is 95.4 Å². The second-order valence-electron chi connectivity index (χ2n) is 6.52. The summed E-state index contributed by atoms with van der Waals surface area (Å²) in [7, 11) is 0. The molecule has 0 unspecified atom stereocenters. The monoisotopic (exact) mass is 445 g/mol. The molecule has 0 aliphatic rings. The quantitative estimate of drug-likeness (QED) is 0.181. The first-order chi connectivity index (χ1) is 15.6. The van der Waals surface area contributed by atoms with E-state index in [1.807, 2.05) is 30.3 Å². The zero-order chi connectivity index (χ0) is 22.3. The van der Waals surface area contributed by atoms with Gasteiger partial charge in [-0.3, -0.25) is 10.1 Å². The van der Waals surface area contributed by atoms with Crippen molar-refractivity contribution >= 4 is 51.7 Å². The summed E-state index contributed by atoms with van der Waals surface area (Å²) in [5.74, 6) is 0.0937. The van der Waals surface area contributed by atoms with Gasteiger partial charge >= 0.3 is 5.69 Å². The smallest absolute Gasteiger partial charge is 0.334 e. The molecule has 0 bridgehead atoms. The van der Waals surface area contributed by atoms with Crippen molar-refractivity contribution in [2.24, 2.45) is 10.2 Å². The lowest BCUT2D eigenvalue weighted by Crippen LogP contribution is -2.05. The topological polar surface area (TPSA) is 118 Å². The minimum atomic E-state index is -0.544. The van der Waals surface area contributed by atoms with Gasteiger partial charge in [0.2, 0.25) is 11.6 Å². The van der Waals surface area contributed by atoms with Crippen molar-refractivity contribution in [1.29, 1.82) is 0 Å². The molecule has 4 aromatic rings. The predicted octanol–water partition coefficient (Wildman–Crippen LogP) is 6.94. The SMILES string of the molecule is O=[N+]([O-])c1c(Nc2ccc(N=Nc3ccccc3)cc2)ncnc1Nc1cccc(Cl)c1. The molecule has 1 aromatic heterocycles. The van der Waals surface area contributed by atoms with Crippen LogP contribution in [0.4, 0.5) is 40.1 Å². The van der Waals surface area contributed by atoms with Gasteiger partial charge < -0.3 is 10.6 Å². The molecule has 158 valence electrons. The highest BCUT2D eigenvalue weighted by Crippen LogP contribution is 2.33. The zero-order valence-electron chi connectivity index (χ0n) is 16.5. The summed E-state index contributed by atoms with van der Waals surface area (Å²) in [5, 5.41) is 26.5. The number of aromatic nitrogens is 2. The largest absolute Gasteiger partial charge is 0.353 e. The van der Waals surface area contributed by atoms with Crippen LogP contribution in [0.25, 0.3) is 0 Å². The maximum absolute atomic E-state index is 11.8. The van der Waals surface area contributed by atoms with E-state index < -0.39 is 4.92 Å². The van der Waals surface area contributed by atoms with Crippen LogP contribution in [0.2, 0.25) is 5.02 Å². The third-order valence-electron chi connectivity index (χ3n) is 4.26. The number of azo groups is 1. The van der Waals surface area contributed by atoms with Crippen LogP contribution in [-0.4, -0.2) is 14.9 Å². The van der Waals surface area contributed by atoms with E-state index in [0.29, 0.717) is 22.1 Å². The second kappa shape index (κ2) is 9.63. The van der Waals surface area contributed by atoms with Crippen LogP contribution in [0.3, 0.4) is 0 Å². The van der Waals surface area contributed by atoms with E-state index in [4.69, 9.17) is 11.6 Å². The first-order valence-corrected chi connectivity index (χ1v) is 9.82. The number of nitrogens with zero attached hydrogens (tertiary/aromatic N) is 5. The van der Waals surface area contributed by atoms with Crippen LogP contribution in [0.5, 0.6) is 0 Å². The Morgan fingerprint density at radius 3 is 2.03 bits per heavy atom. The molecule has 0 spiro atoms. The van der Waals surface area contributed by atoms with Gasteiger partial charge in [0.25, 0.3) is 0 Å². The van der Waals surface area contributed by atoms with Crippen molar-refractivity contribution in [2.75, 3.05) is 10.6 Å². The van der Waals surface area contributed by atoms with Crippen LogP contribution in [0, 0.1) is 10.1 Å². The van der Waals surface area contributed by atoms with Gasteiger partial charge in [0.05, 0.1) is 16.3 Å². The first-order valence-electron chi connectivity index (χ1n) is 9.44. The van der Waals surface area contributed by atoms with Crippen molar-refractivity contribution < 1.29 is 4.92 Å². The van der Waals surface area contributed by atoms with Crippen LogP contribution >= 0.6 is 11.6 Å². The molecule has 0 fully saturated rings. The van der Waals surface area contributed by atoms with E-state index in [1.165, 1.54) is 6.33 Å². The molecular formula is C22H16ClN7O2. The molecule has 0 atom stereocenters. The van der Waals surface area contributed by atoms with E-state index in [1.54, 1.807) is 48.5 Å². The number of nitrogens with one attached hydrogen (secondary N) is 2. The number of nitro groups is 1. The Morgan fingerprint density at radius 1 is 0.781 bits per heavy atom. The minimum absolute atomic E-state index is 0.0445. The maximum Gasteiger partial charge on any atom is 0.353 e. The Morgan fingerprint density at radius 2 is 1.41 bits per heavy atom. The first kappa shape index (κ1) is 20.9. The molecule has 0 amide bonds. The number of benzene rings is 3. The normalized spacial score (nSPS) is 10.8. The number of hydrogen-bond donors (Lipinski definition) is 2. The highest BCUT2D eigenvalue weighted by molar-refractivity contribution is 6.30.